The molecule has 2 heterocycles. The van der Waals surface area contributed by atoms with Crippen LogP contribution in [0.2, 0.25) is 0 Å². The lowest BCUT2D eigenvalue weighted by Crippen LogP contribution is -1.87. The van der Waals surface area contributed by atoms with Crippen molar-refractivity contribution in [2.75, 3.05) is 40.3 Å². The van der Waals surface area contributed by atoms with Crippen LogP contribution in [0.5, 0.6) is 0 Å². The first kappa shape index (κ1) is 11.4. The number of rotatable bonds is 1. The zero-order valence-electron chi connectivity index (χ0n) is 8.75. The van der Waals surface area contributed by atoms with E-state index in [4.69, 9.17) is 0 Å². The van der Waals surface area contributed by atoms with E-state index < -0.39 is 0 Å². The first-order valence-corrected chi connectivity index (χ1v) is 4.68. The SMILES string of the molecule is CC.CN1CC1.CN=CN1CC1. The maximum Gasteiger partial charge on any atom is 0.0847 e. The smallest absolute Gasteiger partial charge is 0.0847 e. The molecular formula is C9H21N3. The van der Waals surface area contributed by atoms with Gasteiger partial charge < -0.3 is 9.80 Å². The topological polar surface area (TPSA) is 18.4 Å². The van der Waals surface area contributed by atoms with Crippen molar-refractivity contribution in [2.45, 2.75) is 13.8 Å². The van der Waals surface area contributed by atoms with E-state index in [1.807, 2.05) is 20.2 Å². The minimum atomic E-state index is 1.21. The molecule has 2 aliphatic heterocycles. The quantitative estimate of drug-likeness (QED) is 0.332. The second-order valence-corrected chi connectivity index (χ2v) is 2.71. The predicted molar refractivity (Wildman–Crippen MR) is 54.8 cm³/mol. The average Bonchev–Trinajstić information content (AvgIpc) is 2.94. The third kappa shape index (κ3) is 9.43. The maximum absolute atomic E-state index is 3.80. The van der Waals surface area contributed by atoms with Crippen LogP contribution in [0.4, 0.5) is 0 Å². The highest BCUT2D eigenvalue weighted by Gasteiger charge is 2.10. The van der Waals surface area contributed by atoms with Crippen molar-refractivity contribution in [1.29, 1.82) is 0 Å². The Balaban J connectivity index is 0.000000176. The second-order valence-electron chi connectivity index (χ2n) is 2.71. The summed E-state index contributed by atoms with van der Waals surface area (Å²) in [6.45, 7) is 9.05. The third-order valence-electron chi connectivity index (χ3n) is 1.43. The summed E-state index contributed by atoms with van der Waals surface area (Å²) >= 11 is 0. The van der Waals surface area contributed by atoms with Gasteiger partial charge in [0.2, 0.25) is 0 Å². The Labute approximate surface area is 76.1 Å². The molecule has 0 amide bonds. The van der Waals surface area contributed by atoms with E-state index in [0.29, 0.717) is 0 Å². The monoisotopic (exact) mass is 171 g/mol. The molecule has 2 saturated heterocycles. The number of likely N-dealkylation sites (N-methyl/N-ethyl adjacent to an activating group) is 1. The fourth-order valence-electron chi connectivity index (χ4n) is 0.437. The van der Waals surface area contributed by atoms with Crippen LogP contribution in [-0.2, 0) is 0 Å². The van der Waals surface area contributed by atoms with Gasteiger partial charge in [-0.05, 0) is 7.05 Å². The summed E-state index contributed by atoms with van der Waals surface area (Å²) in [4.78, 5) is 8.19. The van der Waals surface area contributed by atoms with Gasteiger partial charge in [0.25, 0.3) is 0 Å². The molecule has 0 aromatic heterocycles. The van der Waals surface area contributed by atoms with Crippen LogP contribution in [0.25, 0.3) is 0 Å². The molecule has 3 nitrogen and oxygen atoms in total. The number of aliphatic imine (C=N–C) groups is 1. The Kier molecular flexibility index (Phi) is 6.76. The summed E-state index contributed by atoms with van der Waals surface area (Å²) in [7, 11) is 3.90. The predicted octanol–water partition coefficient (Wildman–Crippen LogP) is 0.918. The van der Waals surface area contributed by atoms with Gasteiger partial charge in [-0.1, -0.05) is 13.8 Å². The maximum atomic E-state index is 3.80. The largest absolute Gasteiger partial charge is 0.359 e. The molecule has 3 heteroatoms. The Bertz CT molecular complexity index is 115. The fourth-order valence-corrected chi connectivity index (χ4v) is 0.437. The minimum Gasteiger partial charge on any atom is -0.359 e. The van der Waals surface area contributed by atoms with E-state index in [2.05, 4.69) is 21.8 Å². The van der Waals surface area contributed by atoms with Crippen LogP contribution in [0.1, 0.15) is 13.8 Å². The van der Waals surface area contributed by atoms with E-state index in [1.165, 1.54) is 26.2 Å². The Hall–Kier alpha value is -0.570. The summed E-state index contributed by atoms with van der Waals surface area (Å²) in [5, 5.41) is 0. The van der Waals surface area contributed by atoms with Crippen molar-refractivity contribution >= 4 is 6.34 Å². The van der Waals surface area contributed by atoms with Gasteiger partial charge in [-0.3, -0.25) is 4.99 Å². The lowest BCUT2D eigenvalue weighted by atomic mass is 11.0. The molecule has 0 bridgehead atoms. The Morgan fingerprint density at radius 1 is 1.08 bits per heavy atom. The first-order chi connectivity index (χ1) is 5.83. The molecule has 0 saturated carbocycles. The van der Waals surface area contributed by atoms with Gasteiger partial charge in [-0.15, -0.1) is 0 Å². The fraction of sp³-hybridized carbons (Fsp3) is 0.889. The highest BCUT2D eigenvalue weighted by atomic mass is 15.3. The second kappa shape index (κ2) is 7.10. The molecule has 0 spiro atoms. The molecule has 0 aromatic rings. The standard InChI is InChI=1S/C4H8N2.C3H7N.C2H6/c1-5-4-6-2-3-6;1-4-2-3-4;1-2/h4H,2-3H2,1H3;2-3H2,1H3;1-2H3. The molecule has 2 fully saturated rings. The van der Waals surface area contributed by atoms with Crippen LogP contribution in [0.3, 0.4) is 0 Å². The van der Waals surface area contributed by atoms with Crippen molar-refractivity contribution in [2.24, 2.45) is 4.99 Å². The lowest BCUT2D eigenvalue weighted by Gasteiger charge is -1.80. The number of hydrogen-bond donors (Lipinski definition) is 0. The zero-order valence-corrected chi connectivity index (χ0v) is 8.75. The Morgan fingerprint density at radius 2 is 1.50 bits per heavy atom. The molecule has 0 unspecified atom stereocenters. The van der Waals surface area contributed by atoms with Gasteiger partial charge in [0.15, 0.2) is 0 Å². The molecule has 0 aromatic carbocycles. The van der Waals surface area contributed by atoms with Crippen molar-refractivity contribution in [3.8, 4) is 0 Å². The van der Waals surface area contributed by atoms with Crippen LogP contribution in [0.15, 0.2) is 4.99 Å². The molecule has 0 aliphatic carbocycles. The summed E-state index contributed by atoms with van der Waals surface area (Å²) in [6, 6.07) is 0. The molecule has 0 radical (unpaired) electrons. The summed E-state index contributed by atoms with van der Waals surface area (Å²) in [5.41, 5.74) is 0. The highest BCUT2D eigenvalue weighted by molar-refractivity contribution is 5.57. The van der Waals surface area contributed by atoms with Gasteiger partial charge >= 0.3 is 0 Å². The van der Waals surface area contributed by atoms with Crippen molar-refractivity contribution in [3.05, 3.63) is 0 Å². The van der Waals surface area contributed by atoms with Gasteiger partial charge in [0.05, 0.1) is 6.34 Å². The van der Waals surface area contributed by atoms with Crippen LogP contribution in [-0.4, -0.2) is 56.4 Å². The Morgan fingerprint density at radius 3 is 1.58 bits per heavy atom. The first-order valence-electron chi connectivity index (χ1n) is 4.68. The van der Waals surface area contributed by atoms with E-state index in [-0.39, 0.29) is 0 Å². The summed E-state index contributed by atoms with van der Waals surface area (Å²) < 4.78 is 0. The van der Waals surface area contributed by atoms with E-state index in [9.17, 15) is 0 Å². The molecular weight excluding hydrogens is 150 g/mol. The van der Waals surface area contributed by atoms with Gasteiger partial charge in [0, 0.05) is 33.2 Å². The lowest BCUT2D eigenvalue weighted by molar-refractivity contribution is 0.698. The van der Waals surface area contributed by atoms with E-state index in [1.54, 1.807) is 7.05 Å². The van der Waals surface area contributed by atoms with Crippen molar-refractivity contribution in [3.63, 3.8) is 0 Å². The molecule has 2 rings (SSSR count). The van der Waals surface area contributed by atoms with E-state index >= 15 is 0 Å². The normalized spacial score (nSPS) is 19.2. The van der Waals surface area contributed by atoms with Crippen LogP contribution in [0, 0.1) is 0 Å². The summed E-state index contributed by atoms with van der Waals surface area (Å²) in [5.74, 6) is 0. The van der Waals surface area contributed by atoms with Gasteiger partial charge in [0.1, 0.15) is 0 Å². The molecule has 0 N–H and O–H groups in total. The highest BCUT2D eigenvalue weighted by Crippen LogP contribution is 1.95. The summed E-state index contributed by atoms with van der Waals surface area (Å²) in [6.07, 6.45) is 1.86. The average molecular weight is 171 g/mol. The third-order valence-corrected chi connectivity index (χ3v) is 1.43. The van der Waals surface area contributed by atoms with Crippen molar-refractivity contribution in [1.82, 2.24) is 9.80 Å². The van der Waals surface area contributed by atoms with Crippen LogP contribution < -0.4 is 0 Å². The van der Waals surface area contributed by atoms with Gasteiger partial charge in [-0.2, -0.15) is 0 Å². The number of hydrogen-bond acceptors (Lipinski definition) is 2. The van der Waals surface area contributed by atoms with E-state index in [0.717, 1.165) is 0 Å². The number of nitrogens with zero attached hydrogens (tertiary/aromatic N) is 3. The van der Waals surface area contributed by atoms with Gasteiger partial charge in [-0.25, -0.2) is 0 Å². The molecule has 12 heavy (non-hydrogen) atoms. The molecule has 72 valence electrons. The van der Waals surface area contributed by atoms with Crippen LogP contribution >= 0.6 is 0 Å². The zero-order chi connectivity index (χ0) is 9.40. The molecule has 2 aliphatic rings. The minimum absolute atomic E-state index is 1.21. The molecule has 0 atom stereocenters. The van der Waals surface area contributed by atoms with Crippen molar-refractivity contribution < 1.29 is 0 Å².